The van der Waals surface area contributed by atoms with Gasteiger partial charge in [0.15, 0.2) is 5.82 Å². The number of imidazole rings is 1. The van der Waals surface area contributed by atoms with E-state index in [4.69, 9.17) is 0 Å². The summed E-state index contributed by atoms with van der Waals surface area (Å²) in [5.41, 5.74) is 3.86. The molecule has 0 fully saturated rings. The maximum atomic E-state index is 4.41. The van der Waals surface area contributed by atoms with Gasteiger partial charge >= 0.3 is 0 Å². The molecule has 2 heterocycles. The van der Waals surface area contributed by atoms with Gasteiger partial charge in [-0.15, -0.1) is 5.10 Å². The quantitative estimate of drug-likeness (QED) is 0.588. The predicted octanol–water partition coefficient (Wildman–Crippen LogP) is 3.87. The van der Waals surface area contributed by atoms with Gasteiger partial charge in [0, 0.05) is 16.5 Å². The van der Waals surface area contributed by atoms with E-state index in [9.17, 15) is 0 Å². The van der Waals surface area contributed by atoms with Crippen LogP contribution in [0, 0.1) is 13.8 Å². The zero-order valence-electron chi connectivity index (χ0n) is 12.4. The second kappa shape index (κ2) is 4.80. The van der Waals surface area contributed by atoms with Gasteiger partial charge in [-0.2, -0.15) is 5.10 Å². The van der Waals surface area contributed by atoms with E-state index < -0.39 is 0 Å². The van der Waals surface area contributed by atoms with Crippen molar-refractivity contribution in [2.24, 2.45) is 0 Å². The number of nitrogens with one attached hydrogen (secondary N) is 2. The molecule has 5 nitrogen and oxygen atoms in total. The Morgan fingerprint density at radius 3 is 2.64 bits per heavy atom. The molecular formula is C17H15N5. The van der Waals surface area contributed by atoms with Crippen molar-refractivity contribution in [2.45, 2.75) is 13.8 Å². The van der Waals surface area contributed by atoms with Crippen molar-refractivity contribution in [3.63, 3.8) is 0 Å². The maximum Gasteiger partial charge on any atom is 0.160 e. The number of H-pyrrole nitrogens is 1. The Labute approximate surface area is 127 Å². The fraction of sp³-hybridized carbons (Fsp3) is 0.118. The number of hydrogen-bond acceptors (Lipinski definition) is 4. The number of benzene rings is 2. The highest BCUT2D eigenvalue weighted by molar-refractivity contribution is 5.94. The molecule has 22 heavy (non-hydrogen) atoms. The number of hydrogen-bond donors (Lipinski definition) is 2. The highest BCUT2D eigenvalue weighted by atomic mass is 15.2. The van der Waals surface area contributed by atoms with Crippen LogP contribution in [-0.4, -0.2) is 20.2 Å². The zero-order valence-corrected chi connectivity index (χ0v) is 12.4. The average molecular weight is 289 g/mol. The van der Waals surface area contributed by atoms with Crippen molar-refractivity contribution >= 4 is 33.3 Å². The van der Waals surface area contributed by atoms with Crippen LogP contribution in [0.3, 0.4) is 0 Å². The normalized spacial score (nSPS) is 11.2. The molecule has 0 spiro atoms. The van der Waals surface area contributed by atoms with Crippen molar-refractivity contribution in [1.29, 1.82) is 0 Å². The molecule has 5 heteroatoms. The number of aromatic amines is 1. The summed E-state index contributed by atoms with van der Waals surface area (Å²) in [5, 5.41) is 14.1. The lowest BCUT2D eigenvalue weighted by Crippen LogP contribution is -1.98. The number of anilines is 2. The van der Waals surface area contributed by atoms with E-state index >= 15 is 0 Å². The molecule has 108 valence electrons. The molecule has 4 aromatic rings. The number of rotatable bonds is 2. The first-order valence-corrected chi connectivity index (χ1v) is 7.16. The molecule has 0 atom stereocenters. The van der Waals surface area contributed by atoms with Crippen molar-refractivity contribution in [3.8, 4) is 0 Å². The first-order valence-electron chi connectivity index (χ1n) is 7.16. The fourth-order valence-corrected chi connectivity index (χ4v) is 2.68. The summed E-state index contributed by atoms with van der Waals surface area (Å²) in [6, 6.07) is 14.2. The molecular weight excluding hydrogens is 274 g/mol. The predicted molar refractivity (Wildman–Crippen MR) is 88.4 cm³/mol. The SMILES string of the molecule is Cc1nc2ccc(Nc3nnc(C)c4ccccc34)cc2[nH]1. The highest BCUT2D eigenvalue weighted by Crippen LogP contribution is 2.26. The molecule has 0 aliphatic rings. The van der Waals surface area contributed by atoms with Gasteiger partial charge in [0.05, 0.1) is 16.7 Å². The molecule has 2 aromatic carbocycles. The minimum atomic E-state index is 0.761. The molecule has 2 N–H and O–H groups in total. The van der Waals surface area contributed by atoms with Crippen LogP contribution in [0.5, 0.6) is 0 Å². The molecule has 0 unspecified atom stereocenters. The topological polar surface area (TPSA) is 66.5 Å². The average Bonchev–Trinajstić information content (AvgIpc) is 2.90. The van der Waals surface area contributed by atoms with E-state index in [1.807, 2.05) is 44.2 Å². The molecule has 4 rings (SSSR count). The fourth-order valence-electron chi connectivity index (χ4n) is 2.68. The Morgan fingerprint density at radius 2 is 1.77 bits per heavy atom. The third kappa shape index (κ3) is 2.07. The Bertz CT molecular complexity index is 987. The van der Waals surface area contributed by atoms with Gasteiger partial charge in [-0.3, -0.25) is 0 Å². The van der Waals surface area contributed by atoms with Crippen LogP contribution in [0.4, 0.5) is 11.5 Å². The first kappa shape index (κ1) is 12.8. The van der Waals surface area contributed by atoms with E-state index in [0.717, 1.165) is 44.8 Å². The van der Waals surface area contributed by atoms with E-state index in [0.29, 0.717) is 0 Å². The smallest absolute Gasteiger partial charge is 0.160 e. The van der Waals surface area contributed by atoms with Crippen LogP contribution in [-0.2, 0) is 0 Å². The standard InChI is InChI=1S/C17H15N5/c1-10-13-5-3-4-6-14(13)17(22-21-10)20-12-7-8-15-16(9-12)19-11(2)18-15/h3-9H,1-2H3,(H,18,19)(H,20,22). The zero-order chi connectivity index (χ0) is 15.1. The van der Waals surface area contributed by atoms with E-state index in [2.05, 4.69) is 37.6 Å². The summed E-state index contributed by atoms with van der Waals surface area (Å²) in [5.74, 6) is 1.67. The van der Waals surface area contributed by atoms with E-state index in [-0.39, 0.29) is 0 Å². The van der Waals surface area contributed by atoms with Crippen molar-refractivity contribution in [3.05, 3.63) is 54.0 Å². The Morgan fingerprint density at radius 1 is 0.955 bits per heavy atom. The lowest BCUT2D eigenvalue weighted by molar-refractivity contribution is 1.01. The largest absolute Gasteiger partial charge is 0.342 e. The van der Waals surface area contributed by atoms with Crippen LogP contribution < -0.4 is 5.32 Å². The molecule has 0 saturated carbocycles. The minimum Gasteiger partial charge on any atom is -0.342 e. The molecule has 2 aromatic heterocycles. The monoisotopic (exact) mass is 289 g/mol. The minimum absolute atomic E-state index is 0.761. The van der Waals surface area contributed by atoms with Crippen LogP contribution >= 0.6 is 0 Å². The summed E-state index contributed by atoms with van der Waals surface area (Å²) in [6.45, 7) is 3.92. The second-order valence-electron chi connectivity index (χ2n) is 5.36. The summed E-state index contributed by atoms with van der Waals surface area (Å²) in [4.78, 5) is 7.66. The van der Waals surface area contributed by atoms with Gasteiger partial charge in [-0.1, -0.05) is 24.3 Å². The lowest BCUT2D eigenvalue weighted by atomic mass is 10.1. The number of fused-ring (bicyclic) bond motifs is 2. The number of aromatic nitrogens is 4. The van der Waals surface area contributed by atoms with Crippen LogP contribution in [0.15, 0.2) is 42.5 Å². The Balaban J connectivity index is 1.80. The first-order chi connectivity index (χ1) is 10.7. The highest BCUT2D eigenvalue weighted by Gasteiger charge is 2.07. The van der Waals surface area contributed by atoms with Gasteiger partial charge < -0.3 is 10.3 Å². The van der Waals surface area contributed by atoms with Gasteiger partial charge in [0.2, 0.25) is 0 Å². The second-order valence-corrected chi connectivity index (χ2v) is 5.36. The van der Waals surface area contributed by atoms with Crippen molar-refractivity contribution < 1.29 is 0 Å². The van der Waals surface area contributed by atoms with Crippen LogP contribution in [0.25, 0.3) is 21.8 Å². The third-order valence-corrected chi connectivity index (χ3v) is 3.73. The van der Waals surface area contributed by atoms with E-state index in [1.165, 1.54) is 0 Å². The molecule has 0 amide bonds. The third-order valence-electron chi connectivity index (χ3n) is 3.73. The van der Waals surface area contributed by atoms with Crippen LogP contribution in [0.1, 0.15) is 11.5 Å². The van der Waals surface area contributed by atoms with E-state index in [1.54, 1.807) is 0 Å². The summed E-state index contributed by atoms with van der Waals surface area (Å²) < 4.78 is 0. The molecule has 0 aliphatic carbocycles. The molecule has 0 bridgehead atoms. The lowest BCUT2D eigenvalue weighted by Gasteiger charge is -2.09. The number of aryl methyl sites for hydroxylation is 2. The van der Waals surface area contributed by atoms with Crippen molar-refractivity contribution in [1.82, 2.24) is 20.2 Å². The van der Waals surface area contributed by atoms with Gasteiger partial charge in [0.25, 0.3) is 0 Å². The summed E-state index contributed by atoms with van der Waals surface area (Å²) in [7, 11) is 0. The molecule has 0 aliphatic heterocycles. The summed E-state index contributed by atoms with van der Waals surface area (Å²) in [6.07, 6.45) is 0. The Kier molecular flexibility index (Phi) is 2.79. The maximum absolute atomic E-state index is 4.41. The van der Waals surface area contributed by atoms with Gasteiger partial charge in [-0.05, 0) is 32.0 Å². The van der Waals surface area contributed by atoms with Crippen LogP contribution in [0.2, 0.25) is 0 Å². The number of nitrogens with zero attached hydrogens (tertiary/aromatic N) is 3. The van der Waals surface area contributed by atoms with Crippen molar-refractivity contribution in [2.75, 3.05) is 5.32 Å². The summed E-state index contributed by atoms with van der Waals surface area (Å²) >= 11 is 0. The molecule has 0 saturated heterocycles. The Hall–Kier alpha value is -2.95. The van der Waals surface area contributed by atoms with Gasteiger partial charge in [0.1, 0.15) is 5.82 Å². The molecule has 0 radical (unpaired) electrons. The van der Waals surface area contributed by atoms with Gasteiger partial charge in [-0.25, -0.2) is 4.98 Å².